The van der Waals surface area contributed by atoms with Crippen molar-refractivity contribution in [2.24, 2.45) is 0 Å². The van der Waals surface area contributed by atoms with Crippen LogP contribution >= 0.6 is 15.9 Å². The second-order valence-corrected chi connectivity index (χ2v) is 6.65. The first kappa shape index (κ1) is 17.5. The van der Waals surface area contributed by atoms with E-state index in [1.165, 1.54) is 6.20 Å². The lowest BCUT2D eigenvalue weighted by molar-refractivity contribution is 0.0540. The third-order valence-corrected chi connectivity index (χ3v) is 3.18. The maximum absolute atomic E-state index is 14.0. The summed E-state index contributed by atoms with van der Waals surface area (Å²) in [4.78, 5) is 12.1. The van der Waals surface area contributed by atoms with Gasteiger partial charge in [0.05, 0.1) is 11.3 Å². The number of halogens is 5. The van der Waals surface area contributed by atoms with Crippen molar-refractivity contribution in [1.29, 1.82) is 0 Å². The van der Waals surface area contributed by atoms with Crippen LogP contribution in [0.5, 0.6) is 0 Å². The lowest BCUT2D eigenvalue weighted by Gasteiger charge is -2.20. The second-order valence-electron chi connectivity index (χ2n) is 5.74. The molecule has 0 amide bonds. The zero-order valence-electron chi connectivity index (χ0n) is 12.4. The monoisotopic (exact) mass is 393 g/mol. The Labute approximate surface area is 138 Å². The number of carbonyl (C=O) groups is 1. The van der Waals surface area contributed by atoms with Crippen molar-refractivity contribution in [2.75, 3.05) is 0 Å². The van der Waals surface area contributed by atoms with E-state index in [0.29, 0.717) is 0 Å². The molecule has 0 atom stereocenters. The number of hydrogen-bond acceptors (Lipinski definition) is 2. The summed E-state index contributed by atoms with van der Waals surface area (Å²) in [5.74, 6) is -6.32. The fraction of sp³-hybridized carbons (Fsp3) is 0.267. The molecule has 0 N–H and O–H groups in total. The van der Waals surface area contributed by atoms with Gasteiger partial charge < -0.3 is 4.74 Å². The molecule has 1 aromatic carbocycles. The molecule has 0 aliphatic heterocycles. The van der Waals surface area contributed by atoms with Gasteiger partial charge in [-0.2, -0.15) is 0 Å². The number of aromatic nitrogens is 1. The van der Waals surface area contributed by atoms with Crippen molar-refractivity contribution in [3.8, 4) is 11.3 Å². The number of ether oxygens (including phenoxy) is 1. The lowest BCUT2D eigenvalue weighted by atomic mass is 10.1. The van der Waals surface area contributed by atoms with Gasteiger partial charge in [-0.3, -0.25) is 4.57 Å². The van der Waals surface area contributed by atoms with Crippen LogP contribution in [0.1, 0.15) is 20.8 Å². The van der Waals surface area contributed by atoms with E-state index in [9.17, 15) is 22.4 Å². The predicted molar refractivity (Wildman–Crippen MR) is 79.0 cm³/mol. The predicted octanol–water partition coefficient (Wildman–Crippen LogP) is 5.26. The van der Waals surface area contributed by atoms with Crippen LogP contribution in [-0.4, -0.2) is 16.3 Å². The highest BCUT2D eigenvalue weighted by atomic mass is 79.9. The van der Waals surface area contributed by atoms with Gasteiger partial charge in [0.25, 0.3) is 0 Å². The average molecular weight is 394 g/mol. The molecular formula is C15H12BrF4NO2. The number of nitrogens with zero attached hydrogens (tertiary/aromatic N) is 1. The van der Waals surface area contributed by atoms with E-state index in [2.05, 4.69) is 15.9 Å². The molecule has 2 aromatic rings. The normalized spacial score (nSPS) is 11.7. The number of hydrogen-bond donors (Lipinski definition) is 0. The van der Waals surface area contributed by atoms with E-state index in [0.717, 1.165) is 10.6 Å². The smallest absolute Gasteiger partial charge is 0.419 e. The summed E-state index contributed by atoms with van der Waals surface area (Å²) >= 11 is 3.05. The summed E-state index contributed by atoms with van der Waals surface area (Å²) in [6, 6.07) is 1.26. The molecule has 3 nitrogen and oxygen atoms in total. The Kier molecular flexibility index (Phi) is 4.57. The quantitative estimate of drug-likeness (QED) is 0.488. The van der Waals surface area contributed by atoms with Gasteiger partial charge in [0.2, 0.25) is 0 Å². The van der Waals surface area contributed by atoms with Crippen LogP contribution in [0.2, 0.25) is 0 Å². The van der Waals surface area contributed by atoms with E-state index in [4.69, 9.17) is 4.74 Å². The van der Waals surface area contributed by atoms with Crippen molar-refractivity contribution in [3.63, 3.8) is 0 Å². The van der Waals surface area contributed by atoms with Crippen molar-refractivity contribution >= 4 is 22.0 Å². The molecule has 0 fully saturated rings. The Morgan fingerprint density at radius 1 is 1.09 bits per heavy atom. The van der Waals surface area contributed by atoms with E-state index in [-0.39, 0.29) is 16.2 Å². The molecule has 1 heterocycles. The summed E-state index contributed by atoms with van der Waals surface area (Å²) < 4.78 is 60.9. The maximum atomic E-state index is 14.0. The van der Waals surface area contributed by atoms with Gasteiger partial charge in [-0.05, 0) is 42.8 Å². The third kappa shape index (κ3) is 3.57. The highest BCUT2D eigenvalue weighted by Gasteiger charge is 2.27. The number of carbonyl (C=O) groups excluding carboxylic acids is 1. The maximum Gasteiger partial charge on any atom is 0.419 e. The Hall–Kier alpha value is -1.83. The van der Waals surface area contributed by atoms with Crippen LogP contribution < -0.4 is 0 Å². The molecule has 2 rings (SSSR count). The second kappa shape index (κ2) is 5.99. The van der Waals surface area contributed by atoms with Gasteiger partial charge in [0.1, 0.15) is 5.60 Å². The van der Waals surface area contributed by atoms with Crippen molar-refractivity contribution in [1.82, 2.24) is 4.57 Å². The minimum atomic E-state index is -1.60. The Bertz CT molecular complexity index is 755. The third-order valence-electron chi connectivity index (χ3n) is 2.74. The molecule has 0 bridgehead atoms. The van der Waals surface area contributed by atoms with E-state index in [1.807, 2.05) is 0 Å². The first-order chi connectivity index (χ1) is 10.5. The van der Waals surface area contributed by atoms with Crippen LogP contribution in [0.25, 0.3) is 11.3 Å². The summed E-state index contributed by atoms with van der Waals surface area (Å²) in [7, 11) is 0. The molecule has 23 heavy (non-hydrogen) atoms. The van der Waals surface area contributed by atoms with E-state index in [1.54, 1.807) is 20.8 Å². The summed E-state index contributed by atoms with van der Waals surface area (Å²) in [6.45, 7) is 4.81. The Morgan fingerprint density at radius 3 is 2.09 bits per heavy atom. The van der Waals surface area contributed by atoms with Crippen LogP contribution in [0.3, 0.4) is 0 Å². The zero-order valence-corrected chi connectivity index (χ0v) is 14.0. The van der Waals surface area contributed by atoms with Crippen molar-refractivity contribution in [2.45, 2.75) is 26.4 Å². The van der Waals surface area contributed by atoms with Gasteiger partial charge in [0, 0.05) is 16.7 Å². The van der Waals surface area contributed by atoms with Crippen molar-refractivity contribution in [3.05, 3.63) is 46.1 Å². The van der Waals surface area contributed by atoms with Crippen LogP contribution in [-0.2, 0) is 4.74 Å². The van der Waals surface area contributed by atoms with Crippen molar-refractivity contribution < 1.29 is 27.1 Å². The topological polar surface area (TPSA) is 31.2 Å². The molecule has 0 spiro atoms. The molecule has 0 aliphatic carbocycles. The standard InChI is InChI=1S/C15H12BrF4NO2/c1-15(2,3)23-14(22)21-6-7(16)4-10(21)11-12(19)8(17)5-9(18)13(11)20/h4-6H,1-3H3. The van der Waals surface area contributed by atoms with Gasteiger partial charge in [-0.15, -0.1) is 0 Å². The molecule has 0 radical (unpaired) electrons. The minimum Gasteiger partial charge on any atom is -0.443 e. The summed E-state index contributed by atoms with van der Waals surface area (Å²) in [5.41, 5.74) is -2.23. The van der Waals surface area contributed by atoms with Gasteiger partial charge in [-0.1, -0.05) is 0 Å². The first-order valence-electron chi connectivity index (χ1n) is 6.46. The van der Waals surface area contributed by atoms with E-state index >= 15 is 0 Å². The Balaban J connectivity index is 2.65. The summed E-state index contributed by atoms with van der Waals surface area (Å²) in [6.07, 6.45) is 0.243. The van der Waals surface area contributed by atoms with Gasteiger partial charge in [0.15, 0.2) is 23.3 Å². The fourth-order valence-electron chi connectivity index (χ4n) is 1.88. The first-order valence-corrected chi connectivity index (χ1v) is 7.25. The highest BCUT2D eigenvalue weighted by molar-refractivity contribution is 9.10. The van der Waals surface area contributed by atoms with E-state index < -0.39 is 40.5 Å². The molecule has 1 aromatic heterocycles. The SMILES string of the molecule is CC(C)(C)OC(=O)n1cc(Br)cc1-c1c(F)c(F)cc(F)c1F. The zero-order chi connectivity index (χ0) is 17.5. The molecule has 0 unspecified atom stereocenters. The van der Waals surface area contributed by atoms with Crippen LogP contribution in [0, 0.1) is 23.3 Å². The highest BCUT2D eigenvalue weighted by Crippen LogP contribution is 2.33. The van der Waals surface area contributed by atoms with Crippen LogP contribution in [0.4, 0.5) is 22.4 Å². The minimum absolute atomic E-state index is 0.101. The molecule has 124 valence electrons. The number of benzene rings is 1. The number of rotatable bonds is 1. The fourth-order valence-corrected chi connectivity index (χ4v) is 2.30. The summed E-state index contributed by atoms with van der Waals surface area (Å²) in [5, 5.41) is 0. The Morgan fingerprint density at radius 2 is 1.61 bits per heavy atom. The molecule has 0 saturated heterocycles. The van der Waals surface area contributed by atoms with Gasteiger partial charge >= 0.3 is 6.09 Å². The molecule has 8 heteroatoms. The molecule has 0 saturated carbocycles. The lowest BCUT2D eigenvalue weighted by Crippen LogP contribution is -2.27. The van der Waals surface area contributed by atoms with Gasteiger partial charge in [-0.25, -0.2) is 22.4 Å². The molecular weight excluding hydrogens is 382 g/mol. The molecule has 0 aliphatic rings. The largest absolute Gasteiger partial charge is 0.443 e. The average Bonchev–Trinajstić information content (AvgIpc) is 2.77. The van der Waals surface area contributed by atoms with Crippen LogP contribution in [0.15, 0.2) is 22.8 Å².